The van der Waals surface area contributed by atoms with Crippen molar-refractivity contribution in [2.24, 2.45) is 0 Å². The second-order valence-electron chi connectivity index (χ2n) is 9.03. The Morgan fingerprint density at radius 2 is 1.61 bits per heavy atom. The molecule has 1 N–H and O–H groups in total. The fourth-order valence-corrected chi connectivity index (χ4v) is 4.63. The molecule has 0 bridgehead atoms. The number of hydrogen-bond acceptors (Lipinski definition) is 4. The summed E-state index contributed by atoms with van der Waals surface area (Å²) in [7, 11) is 0. The zero-order valence-electron chi connectivity index (χ0n) is 20.1. The van der Waals surface area contributed by atoms with Gasteiger partial charge >= 0.3 is 12.2 Å². The predicted octanol–water partition coefficient (Wildman–Crippen LogP) is 6.34. The van der Waals surface area contributed by atoms with E-state index in [9.17, 15) is 26.7 Å². The molecule has 1 atom stereocenters. The van der Waals surface area contributed by atoms with Crippen LogP contribution in [-0.2, 0) is 6.18 Å². The summed E-state index contributed by atoms with van der Waals surface area (Å²) in [5, 5.41) is 12.8. The standard InChI is InChI=1S/C27H22F5N5O/c1-16-15-36(26(38)33-23-11-10-19(29)14-22(23)27(30,31)32)12-13-37(16)25-21-5-3-2-4-20(21)24(34-35-25)17-6-8-18(28)9-7-17/h2-11,14,16H,12-13,15H2,1H3,(H,33,38)/t16-/m0/s1. The molecular weight excluding hydrogens is 505 g/mol. The van der Waals surface area contributed by atoms with Crippen LogP contribution in [0.4, 0.5) is 38.3 Å². The second-order valence-corrected chi connectivity index (χ2v) is 9.03. The number of halogens is 5. The van der Waals surface area contributed by atoms with Crippen molar-refractivity contribution in [1.82, 2.24) is 15.1 Å². The third kappa shape index (κ3) is 4.96. The van der Waals surface area contributed by atoms with E-state index in [0.717, 1.165) is 28.5 Å². The Hall–Kier alpha value is -4.28. The first-order chi connectivity index (χ1) is 18.1. The van der Waals surface area contributed by atoms with E-state index in [4.69, 9.17) is 0 Å². The number of aromatic nitrogens is 2. The van der Waals surface area contributed by atoms with Crippen LogP contribution < -0.4 is 10.2 Å². The number of anilines is 2. The van der Waals surface area contributed by atoms with Gasteiger partial charge in [-0.3, -0.25) is 0 Å². The molecule has 2 heterocycles. The van der Waals surface area contributed by atoms with Crippen LogP contribution >= 0.6 is 0 Å². The maximum absolute atomic E-state index is 13.4. The fourth-order valence-electron chi connectivity index (χ4n) is 4.63. The van der Waals surface area contributed by atoms with Crippen molar-refractivity contribution in [3.05, 3.63) is 83.9 Å². The van der Waals surface area contributed by atoms with Crippen molar-refractivity contribution in [2.75, 3.05) is 29.9 Å². The molecule has 0 saturated carbocycles. The van der Waals surface area contributed by atoms with Crippen LogP contribution in [0, 0.1) is 11.6 Å². The molecule has 0 unspecified atom stereocenters. The molecule has 6 nitrogen and oxygen atoms in total. The third-order valence-corrected chi connectivity index (χ3v) is 6.50. The molecule has 1 aliphatic rings. The summed E-state index contributed by atoms with van der Waals surface area (Å²) >= 11 is 0. The largest absolute Gasteiger partial charge is 0.418 e. The average molecular weight is 527 g/mol. The van der Waals surface area contributed by atoms with Crippen LogP contribution in [0.3, 0.4) is 0 Å². The molecule has 38 heavy (non-hydrogen) atoms. The van der Waals surface area contributed by atoms with Gasteiger partial charge in [0.15, 0.2) is 5.82 Å². The van der Waals surface area contributed by atoms with Crippen molar-refractivity contribution < 1.29 is 26.7 Å². The molecule has 1 saturated heterocycles. The van der Waals surface area contributed by atoms with E-state index in [2.05, 4.69) is 15.5 Å². The van der Waals surface area contributed by atoms with Crippen LogP contribution in [0.1, 0.15) is 12.5 Å². The monoisotopic (exact) mass is 527 g/mol. The predicted molar refractivity (Wildman–Crippen MR) is 134 cm³/mol. The van der Waals surface area contributed by atoms with Gasteiger partial charge in [0.05, 0.1) is 11.3 Å². The Balaban J connectivity index is 1.37. The summed E-state index contributed by atoms with van der Waals surface area (Å²) < 4.78 is 66.9. The van der Waals surface area contributed by atoms with E-state index in [-0.39, 0.29) is 24.9 Å². The van der Waals surface area contributed by atoms with Crippen molar-refractivity contribution >= 4 is 28.3 Å². The Morgan fingerprint density at radius 3 is 2.29 bits per heavy atom. The summed E-state index contributed by atoms with van der Waals surface area (Å²) in [6.07, 6.45) is -4.82. The SMILES string of the molecule is C[C@H]1CN(C(=O)Nc2ccc(F)cc2C(F)(F)F)CCN1c1nnc(-c2ccc(F)cc2)c2ccccc12. The fraction of sp³-hybridized carbons (Fsp3) is 0.222. The minimum atomic E-state index is -4.82. The van der Waals surface area contributed by atoms with Gasteiger partial charge in [0.25, 0.3) is 0 Å². The highest BCUT2D eigenvalue weighted by molar-refractivity contribution is 6.00. The molecule has 1 aliphatic heterocycles. The Labute approximate surface area is 214 Å². The molecule has 11 heteroatoms. The molecular formula is C27H22F5N5O. The first-order valence-electron chi connectivity index (χ1n) is 11.8. The highest BCUT2D eigenvalue weighted by Crippen LogP contribution is 2.36. The van der Waals surface area contributed by atoms with E-state index >= 15 is 0 Å². The maximum atomic E-state index is 13.4. The van der Waals surface area contributed by atoms with Crippen LogP contribution in [0.15, 0.2) is 66.7 Å². The highest BCUT2D eigenvalue weighted by atomic mass is 19.4. The summed E-state index contributed by atoms with van der Waals surface area (Å²) in [4.78, 5) is 16.2. The molecule has 0 radical (unpaired) electrons. The van der Waals surface area contributed by atoms with Gasteiger partial charge in [-0.25, -0.2) is 13.6 Å². The van der Waals surface area contributed by atoms with E-state index in [0.29, 0.717) is 24.1 Å². The first-order valence-corrected chi connectivity index (χ1v) is 11.8. The highest BCUT2D eigenvalue weighted by Gasteiger charge is 2.35. The van der Waals surface area contributed by atoms with Crippen molar-refractivity contribution in [1.29, 1.82) is 0 Å². The number of piperazine rings is 1. The lowest BCUT2D eigenvalue weighted by molar-refractivity contribution is -0.137. The number of carbonyl (C=O) groups excluding carboxylic acids is 1. The quantitative estimate of drug-likeness (QED) is 0.316. The Bertz CT molecular complexity index is 1490. The van der Waals surface area contributed by atoms with Crippen LogP contribution in [0.25, 0.3) is 22.0 Å². The summed E-state index contributed by atoms with van der Waals surface area (Å²) in [5.74, 6) is -0.791. The number of nitrogens with zero attached hydrogens (tertiary/aromatic N) is 4. The molecule has 3 aromatic carbocycles. The van der Waals surface area contributed by atoms with E-state index in [1.807, 2.05) is 36.1 Å². The number of fused-ring (bicyclic) bond motifs is 1. The topological polar surface area (TPSA) is 61.4 Å². The van der Waals surface area contributed by atoms with Crippen molar-refractivity contribution in [3.8, 4) is 11.3 Å². The molecule has 0 spiro atoms. The number of carbonyl (C=O) groups is 1. The van der Waals surface area contributed by atoms with Crippen LogP contribution in [0.2, 0.25) is 0 Å². The lowest BCUT2D eigenvalue weighted by atomic mass is 10.0. The normalized spacial score (nSPS) is 16.1. The summed E-state index contributed by atoms with van der Waals surface area (Å²) in [6, 6.07) is 14.7. The number of nitrogens with one attached hydrogen (secondary N) is 1. The van der Waals surface area contributed by atoms with Gasteiger partial charge in [-0.1, -0.05) is 24.3 Å². The number of alkyl halides is 3. The van der Waals surface area contributed by atoms with Crippen LogP contribution in [-0.4, -0.2) is 46.8 Å². The number of rotatable bonds is 3. The van der Waals surface area contributed by atoms with Gasteiger partial charge in [0.2, 0.25) is 0 Å². The number of hydrogen-bond donors (Lipinski definition) is 1. The molecule has 1 aromatic heterocycles. The minimum absolute atomic E-state index is 0.212. The van der Waals surface area contributed by atoms with Crippen LogP contribution in [0.5, 0.6) is 0 Å². The molecule has 196 valence electrons. The Morgan fingerprint density at radius 1 is 0.921 bits per heavy atom. The number of benzene rings is 3. The lowest BCUT2D eigenvalue weighted by Gasteiger charge is -2.40. The smallest absolute Gasteiger partial charge is 0.348 e. The Kier molecular flexibility index (Phi) is 6.60. The molecule has 4 aromatic rings. The van der Waals surface area contributed by atoms with Gasteiger partial charge in [-0.05, 0) is 49.4 Å². The summed E-state index contributed by atoms with van der Waals surface area (Å²) in [6.45, 7) is 2.67. The summed E-state index contributed by atoms with van der Waals surface area (Å²) in [5.41, 5.74) is -0.433. The van der Waals surface area contributed by atoms with Crippen molar-refractivity contribution in [2.45, 2.75) is 19.1 Å². The zero-order chi connectivity index (χ0) is 27.0. The van der Waals surface area contributed by atoms with Gasteiger partial charge in [-0.15, -0.1) is 10.2 Å². The number of urea groups is 1. The minimum Gasteiger partial charge on any atom is -0.348 e. The average Bonchev–Trinajstić information content (AvgIpc) is 2.89. The molecule has 1 fully saturated rings. The second kappa shape index (κ2) is 9.88. The van der Waals surface area contributed by atoms with E-state index in [1.165, 1.54) is 17.0 Å². The number of amides is 2. The zero-order valence-corrected chi connectivity index (χ0v) is 20.1. The van der Waals surface area contributed by atoms with E-state index in [1.54, 1.807) is 12.1 Å². The van der Waals surface area contributed by atoms with Gasteiger partial charge < -0.3 is 15.1 Å². The lowest BCUT2D eigenvalue weighted by Crippen LogP contribution is -2.55. The third-order valence-electron chi connectivity index (χ3n) is 6.50. The molecule has 5 rings (SSSR count). The maximum Gasteiger partial charge on any atom is 0.418 e. The molecule has 2 amide bonds. The van der Waals surface area contributed by atoms with Gasteiger partial charge in [0, 0.05) is 42.0 Å². The van der Waals surface area contributed by atoms with Gasteiger partial charge in [0.1, 0.15) is 17.3 Å². The van der Waals surface area contributed by atoms with Gasteiger partial charge in [-0.2, -0.15) is 13.2 Å². The first kappa shape index (κ1) is 25.4. The molecule has 0 aliphatic carbocycles. The van der Waals surface area contributed by atoms with Crippen molar-refractivity contribution in [3.63, 3.8) is 0 Å². The van der Waals surface area contributed by atoms with E-state index < -0.39 is 29.3 Å².